The molecule has 0 bridgehead atoms. The smallest absolute Gasteiger partial charge is 0.334 e. The molecule has 3 fully saturated rings. The first kappa shape index (κ1) is 12.4. The molecule has 0 spiro atoms. The maximum atomic E-state index is 11.9. The van der Waals surface area contributed by atoms with Crippen molar-refractivity contribution in [2.24, 2.45) is 17.8 Å². The van der Waals surface area contributed by atoms with E-state index in [1.54, 1.807) is 0 Å². The minimum atomic E-state index is -0.729. The number of rotatable bonds is 0. The molecule has 3 rings (SSSR count). The maximum absolute atomic E-state index is 11.9. The number of Topliss-reactive ketones (excluding diaryl/α,β-unsaturated/α-hetero) is 1. The third-order valence-corrected chi connectivity index (χ3v) is 4.68. The summed E-state index contributed by atoms with van der Waals surface area (Å²) in [6.45, 7) is 11.5. The van der Waals surface area contributed by atoms with Gasteiger partial charge < -0.3 is 9.84 Å². The van der Waals surface area contributed by atoms with E-state index in [1.165, 1.54) is 0 Å². The molecule has 4 heteroatoms. The fraction of sp³-hybridized carbons (Fsp3) is 0.467. The first-order chi connectivity index (χ1) is 8.91. The van der Waals surface area contributed by atoms with Gasteiger partial charge in [-0.05, 0) is 23.5 Å². The SMILES string of the molecule is C=C1C(=O)C[C@H]2C(=C)[C@H](O)C[C@H]3C(=C)C(=O)O[C@@H]3[C@@H]12. The zero-order valence-electron chi connectivity index (χ0n) is 10.6. The van der Waals surface area contributed by atoms with Gasteiger partial charge in [0.25, 0.3) is 0 Å². The Labute approximate surface area is 111 Å². The van der Waals surface area contributed by atoms with E-state index in [0.717, 1.165) is 0 Å². The van der Waals surface area contributed by atoms with Crippen molar-refractivity contribution in [2.45, 2.75) is 25.0 Å². The number of esters is 1. The summed E-state index contributed by atoms with van der Waals surface area (Å²) in [5.74, 6) is -1.15. The van der Waals surface area contributed by atoms with Crippen LogP contribution in [0.4, 0.5) is 0 Å². The second-order valence-electron chi connectivity index (χ2n) is 5.61. The summed E-state index contributed by atoms with van der Waals surface area (Å²) in [6.07, 6.45) is -0.486. The third-order valence-electron chi connectivity index (χ3n) is 4.68. The predicted octanol–water partition coefficient (Wildman–Crippen LogP) is 1.17. The summed E-state index contributed by atoms with van der Waals surface area (Å²) in [6, 6.07) is 0. The largest absolute Gasteiger partial charge is 0.458 e. The number of carbonyl (C=O) groups is 2. The molecular formula is C15H16O4. The Balaban J connectivity index is 2.07. The Kier molecular flexibility index (Phi) is 2.54. The lowest BCUT2D eigenvalue weighted by Crippen LogP contribution is -2.28. The van der Waals surface area contributed by atoms with Gasteiger partial charge in [-0.15, -0.1) is 0 Å². The Morgan fingerprint density at radius 1 is 1.11 bits per heavy atom. The number of aliphatic hydroxyl groups excluding tert-OH is 1. The highest BCUT2D eigenvalue weighted by atomic mass is 16.6. The number of ketones is 1. The Hall–Kier alpha value is -1.68. The maximum Gasteiger partial charge on any atom is 0.334 e. The van der Waals surface area contributed by atoms with Crippen molar-refractivity contribution in [3.63, 3.8) is 0 Å². The highest BCUT2D eigenvalue weighted by Gasteiger charge is 2.54. The monoisotopic (exact) mass is 260 g/mol. The topological polar surface area (TPSA) is 63.6 Å². The first-order valence-electron chi connectivity index (χ1n) is 6.40. The Bertz CT molecular complexity index is 530. The quantitative estimate of drug-likeness (QED) is 0.403. The summed E-state index contributed by atoms with van der Waals surface area (Å²) < 4.78 is 5.38. The minimum absolute atomic E-state index is 0.0300. The summed E-state index contributed by atoms with van der Waals surface area (Å²) in [5.41, 5.74) is 1.51. The molecule has 1 N–H and O–H groups in total. The summed E-state index contributed by atoms with van der Waals surface area (Å²) in [4.78, 5) is 23.5. The van der Waals surface area contributed by atoms with Gasteiger partial charge in [-0.1, -0.05) is 19.7 Å². The first-order valence-corrected chi connectivity index (χ1v) is 6.40. The van der Waals surface area contributed by atoms with Gasteiger partial charge in [-0.25, -0.2) is 4.79 Å². The third kappa shape index (κ3) is 1.56. The van der Waals surface area contributed by atoms with Crippen molar-refractivity contribution in [1.82, 2.24) is 0 Å². The fourth-order valence-electron chi connectivity index (χ4n) is 3.55. The zero-order valence-corrected chi connectivity index (χ0v) is 10.6. The number of hydrogen-bond acceptors (Lipinski definition) is 4. The van der Waals surface area contributed by atoms with Crippen LogP contribution in [0.25, 0.3) is 0 Å². The van der Waals surface area contributed by atoms with Crippen LogP contribution in [-0.4, -0.2) is 29.1 Å². The molecule has 0 radical (unpaired) electrons. The molecule has 0 aromatic heterocycles. The van der Waals surface area contributed by atoms with E-state index in [0.29, 0.717) is 29.6 Å². The van der Waals surface area contributed by atoms with Crippen LogP contribution >= 0.6 is 0 Å². The lowest BCUT2D eigenvalue weighted by Gasteiger charge is -2.25. The number of fused-ring (bicyclic) bond motifs is 3. The van der Waals surface area contributed by atoms with Crippen molar-refractivity contribution in [2.75, 3.05) is 0 Å². The van der Waals surface area contributed by atoms with Crippen LogP contribution in [0.15, 0.2) is 36.5 Å². The fourth-order valence-corrected chi connectivity index (χ4v) is 3.55. The molecule has 100 valence electrons. The molecular weight excluding hydrogens is 244 g/mol. The minimum Gasteiger partial charge on any atom is -0.458 e. The normalized spacial score (nSPS) is 41.9. The van der Waals surface area contributed by atoms with E-state index in [1.807, 2.05) is 0 Å². The lowest BCUT2D eigenvalue weighted by molar-refractivity contribution is -0.141. The summed E-state index contributed by atoms with van der Waals surface area (Å²) in [7, 11) is 0. The van der Waals surface area contributed by atoms with Crippen LogP contribution in [-0.2, 0) is 14.3 Å². The molecule has 2 aliphatic carbocycles. The van der Waals surface area contributed by atoms with Crippen molar-refractivity contribution < 1.29 is 19.4 Å². The molecule has 5 atom stereocenters. The van der Waals surface area contributed by atoms with Crippen molar-refractivity contribution in [3.8, 4) is 0 Å². The molecule has 0 unspecified atom stereocenters. The molecule has 0 aromatic carbocycles. The van der Waals surface area contributed by atoms with Gasteiger partial charge in [-0.3, -0.25) is 4.79 Å². The number of carbonyl (C=O) groups excluding carboxylic acids is 2. The van der Waals surface area contributed by atoms with Gasteiger partial charge in [0, 0.05) is 23.8 Å². The second kappa shape index (κ2) is 3.90. The summed E-state index contributed by atoms with van der Waals surface area (Å²) >= 11 is 0. The van der Waals surface area contributed by atoms with Crippen LogP contribution in [0.2, 0.25) is 0 Å². The lowest BCUT2D eigenvalue weighted by atomic mass is 9.82. The van der Waals surface area contributed by atoms with E-state index in [-0.39, 0.29) is 23.5 Å². The van der Waals surface area contributed by atoms with E-state index < -0.39 is 18.2 Å². The molecule has 19 heavy (non-hydrogen) atoms. The van der Waals surface area contributed by atoms with Gasteiger partial charge in [0.2, 0.25) is 0 Å². The predicted molar refractivity (Wildman–Crippen MR) is 68.0 cm³/mol. The Morgan fingerprint density at radius 2 is 1.79 bits per heavy atom. The van der Waals surface area contributed by atoms with Crippen LogP contribution in [0, 0.1) is 17.8 Å². The van der Waals surface area contributed by atoms with Gasteiger partial charge in [0.05, 0.1) is 6.10 Å². The molecule has 1 saturated heterocycles. The molecule has 3 aliphatic rings. The highest BCUT2D eigenvalue weighted by molar-refractivity contribution is 5.99. The average molecular weight is 260 g/mol. The van der Waals surface area contributed by atoms with Crippen molar-refractivity contribution in [3.05, 3.63) is 36.5 Å². The van der Waals surface area contributed by atoms with Gasteiger partial charge in [0.1, 0.15) is 6.10 Å². The van der Waals surface area contributed by atoms with E-state index in [2.05, 4.69) is 19.7 Å². The molecule has 1 aliphatic heterocycles. The zero-order chi connectivity index (χ0) is 13.9. The van der Waals surface area contributed by atoms with E-state index >= 15 is 0 Å². The van der Waals surface area contributed by atoms with Crippen molar-refractivity contribution >= 4 is 11.8 Å². The van der Waals surface area contributed by atoms with E-state index in [9.17, 15) is 14.7 Å². The second-order valence-corrected chi connectivity index (χ2v) is 5.61. The molecule has 1 heterocycles. The van der Waals surface area contributed by atoms with E-state index in [4.69, 9.17) is 4.74 Å². The van der Waals surface area contributed by atoms with Crippen LogP contribution in [0.5, 0.6) is 0 Å². The highest BCUT2D eigenvalue weighted by Crippen LogP contribution is 2.50. The van der Waals surface area contributed by atoms with Gasteiger partial charge in [-0.2, -0.15) is 0 Å². The molecule has 0 amide bonds. The van der Waals surface area contributed by atoms with Crippen LogP contribution in [0.3, 0.4) is 0 Å². The number of aliphatic hydroxyl groups is 1. The van der Waals surface area contributed by atoms with Crippen LogP contribution in [0.1, 0.15) is 12.8 Å². The standard InChI is InChI=1S/C15H16O4/c1-6-9-4-12(17)8(3)13(9)14-10(5-11(6)16)7(2)15(18)19-14/h9-11,13-14,16H,1-5H2/t9-,10-,11+,13-,14-/m0/s1. The van der Waals surface area contributed by atoms with Gasteiger partial charge >= 0.3 is 5.97 Å². The van der Waals surface area contributed by atoms with Gasteiger partial charge in [0.15, 0.2) is 5.78 Å². The van der Waals surface area contributed by atoms with Crippen LogP contribution < -0.4 is 0 Å². The molecule has 2 saturated carbocycles. The number of hydrogen-bond donors (Lipinski definition) is 1. The average Bonchev–Trinajstić information content (AvgIpc) is 2.77. The van der Waals surface area contributed by atoms with Crippen molar-refractivity contribution in [1.29, 1.82) is 0 Å². The molecule has 0 aromatic rings. The molecule has 4 nitrogen and oxygen atoms in total. The Morgan fingerprint density at radius 3 is 2.47 bits per heavy atom. The summed E-state index contributed by atoms with van der Waals surface area (Å²) in [5, 5.41) is 10.2. The number of ether oxygens (including phenoxy) is 1.